The van der Waals surface area contributed by atoms with E-state index in [1.54, 1.807) is 13.8 Å². The summed E-state index contributed by atoms with van der Waals surface area (Å²) in [4.78, 5) is 22.8. The summed E-state index contributed by atoms with van der Waals surface area (Å²) in [6.07, 6.45) is 4.66. The average molecular weight is 272 g/mol. The van der Waals surface area contributed by atoms with E-state index in [1.807, 2.05) is 19.1 Å². The highest BCUT2D eigenvalue weighted by Crippen LogP contribution is 2.15. The smallest absolute Gasteiger partial charge is 0.434 e. The van der Waals surface area contributed by atoms with Crippen LogP contribution >= 0.6 is 0 Å². The summed E-state index contributed by atoms with van der Waals surface area (Å²) in [6, 6.07) is 0. The zero-order valence-corrected chi connectivity index (χ0v) is 12.4. The molecule has 0 aliphatic heterocycles. The number of carbonyl (C=O) groups is 2. The minimum absolute atomic E-state index is 0.240. The summed E-state index contributed by atoms with van der Waals surface area (Å²) >= 11 is 0. The first-order valence-corrected chi connectivity index (χ1v) is 6.52. The van der Waals surface area contributed by atoms with Gasteiger partial charge >= 0.3 is 12.1 Å². The number of hydrogen-bond donors (Lipinski definition) is 0. The first-order valence-electron chi connectivity index (χ1n) is 6.52. The third-order valence-corrected chi connectivity index (χ3v) is 2.05. The fraction of sp³-hybridized carbons (Fsp3) is 0.714. The van der Waals surface area contributed by atoms with Gasteiger partial charge in [-0.05, 0) is 12.8 Å². The SMILES string of the molecule is CCC=CCCOC(=O)OC(C)(C)OC(=O)C(C)C. The predicted octanol–water partition coefficient (Wildman–Crippen LogP) is 3.43. The van der Waals surface area contributed by atoms with Gasteiger partial charge in [0.25, 0.3) is 5.79 Å². The van der Waals surface area contributed by atoms with Crippen molar-refractivity contribution in [1.29, 1.82) is 0 Å². The van der Waals surface area contributed by atoms with Gasteiger partial charge in [-0.2, -0.15) is 0 Å². The zero-order chi connectivity index (χ0) is 14.9. The molecule has 0 amide bonds. The second-order valence-electron chi connectivity index (χ2n) is 4.84. The third-order valence-electron chi connectivity index (χ3n) is 2.05. The number of allylic oxidation sites excluding steroid dienone is 1. The lowest BCUT2D eigenvalue weighted by atomic mass is 10.2. The number of esters is 1. The fourth-order valence-electron chi connectivity index (χ4n) is 1.11. The Morgan fingerprint density at radius 2 is 1.79 bits per heavy atom. The van der Waals surface area contributed by atoms with Crippen molar-refractivity contribution in [3.63, 3.8) is 0 Å². The standard InChI is InChI=1S/C14H24O5/c1-6-7-8-9-10-17-13(16)19-14(4,5)18-12(15)11(2)3/h7-8,11H,6,9-10H2,1-5H3. The summed E-state index contributed by atoms with van der Waals surface area (Å²) in [5.41, 5.74) is 0. The molecule has 0 N–H and O–H groups in total. The van der Waals surface area contributed by atoms with E-state index in [0.717, 1.165) is 6.42 Å². The van der Waals surface area contributed by atoms with E-state index in [9.17, 15) is 9.59 Å². The first kappa shape index (κ1) is 17.5. The Kier molecular flexibility index (Phi) is 7.87. The van der Waals surface area contributed by atoms with Gasteiger partial charge in [0.2, 0.25) is 0 Å². The van der Waals surface area contributed by atoms with Crippen molar-refractivity contribution < 1.29 is 23.8 Å². The number of ether oxygens (including phenoxy) is 3. The molecule has 5 heteroatoms. The molecule has 0 radical (unpaired) electrons. The van der Waals surface area contributed by atoms with Crippen molar-refractivity contribution in [1.82, 2.24) is 0 Å². The molecule has 0 bridgehead atoms. The number of rotatable bonds is 7. The predicted molar refractivity (Wildman–Crippen MR) is 71.5 cm³/mol. The van der Waals surface area contributed by atoms with E-state index in [2.05, 4.69) is 0 Å². The van der Waals surface area contributed by atoms with E-state index >= 15 is 0 Å². The Hall–Kier alpha value is -1.52. The number of hydrogen-bond acceptors (Lipinski definition) is 5. The molecule has 0 aromatic heterocycles. The van der Waals surface area contributed by atoms with Crippen molar-refractivity contribution in [2.24, 2.45) is 5.92 Å². The number of carbonyl (C=O) groups excluding carboxylic acids is 2. The van der Waals surface area contributed by atoms with Crippen LogP contribution in [0.4, 0.5) is 4.79 Å². The molecule has 0 saturated heterocycles. The van der Waals surface area contributed by atoms with Gasteiger partial charge in [-0.3, -0.25) is 4.79 Å². The molecular formula is C14H24O5. The lowest BCUT2D eigenvalue weighted by molar-refractivity contribution is -0.203. The maximum atomic E-state index is 11.4. The van der Waals surface area contributed by atoms with E-state index in [1.165, 1.54) is 13.8 Å². The van der Waals surface area contributed by atoms with Gasteiger partial charge in [-0.15, -0.1) is 0 Å². The first-order chi connectivity index (χ1) is 8.78. The highest BCUT2D eigenvalue weighted by atomic mass is 16.8. The van der Waals surface area contributed by atoms with E-state index < -0.39 is 17.9 Å². The molecule has 0 unspecified atom stereocenters. The molecule has 0 aliphatic rings. The Bertz CT molecular complexity index is 318. The zero-order valence-electron chi connectivity index (χ0n) is 12.4. The molecule has 110 valence electrons. The van der Waals surface area contributed by atoms with Gasteiger partial charge in [-0.25, -0.2) is 4.79 Å². The molecule has 0 saturated carbocycles. The lowest BCUT2D eigenvalue weighted by Crippen LogP contribution is -2.35. The van der Waals surface area contributed by atoms with Crippen molar-refractivity contribution in [2.75, 3.05) is 6.61 Å². The minimum Gasteiger partial charge on any atom is -0.434 e. The summed E-state index contributed by atoms with van der Waals surface area (Å²) < 4.78 is 14.8. The van der Waals surface area contributed by atoms with Crippen molar-refractivity contribution in [3.8, 4) is 0 Å². The fourth-order valence-corrected chi connectivity index (χ4v) is 1.11. The molecule has 19 heavy (non-hydrogen) atoms. The van der Waals surface area contributed by atoms with Gasteiger partial charge in [0.15, 0.2) is 0 Å². The van der Waals surface area contributed by atoms with E-state index in [4.69, 9.17) is 14.2 Å². The topological polar surface area (TPSA) is 61.8 Å². The second kappa shape index (κ2) is 8.56. The molecule has 0 aromatic rings. The van der Waals surface area contributed by atoms with Crippen molar-refractivity contribution in [3.05, 3.63) is 12.2 Å². The van der Waals surface area contributed by atoms with Gasteiger partial charge < -0.3 is 14.2 Å². The van der Waals surface area contributed by atoms with Crippen LogP contribution in [0.15, 0.2) is 12.2 Å². The molecule has 0 fully saturated rings. The molecule has 0 spiro atoms. The lowest BCUT2D eigenvalue weighted by Gasteiger charge is -2.25. The van der Waals surface area contributed by atoms with Gasteiger partial charge in [0.1, 0.15) is 0 Å². The summed E-state index contributed by atoms with van der Waals surface area (Å²) in [6.45, 7) is 8.66. The van der Waals surface area contributed by atoms with Crippen LogP contribution < -0.4 is 0 Å². The van der Waals surface area contributed by atoms with Crippen LogP contribution in [0.3, 0.4) is 0 Å². The summed E-state index contributed by atoms with van der Waals surface area (Å²) in [5, 5.41) is 0. The highest BCUT2D eigenvalue weighted by Gasteiger charge is 2.29. The monoisotopic (exact) mass is 272 g/mol. The Balaban J connectivity index is 4.02. The van der Waals surface area contributed by atoms with Gasteiger partial charge in [0, 0.05) is 13.8 Å². The molecule has 0 atom stereocenters. The summed E-state index contributed by atoms with van der Waals surface area (Å²) in [5.74, 6) is -2.03. The molecule has 5 nitrogen and oxygen atoms in total. The molecule has 0 rings (SSSR count). The van der Waals surface area contributed by atoms with Gasteiger partial charge in [0.05, 0.1) is 12.5 Å². The molecule has 0 aromatic carbocycles. The van der Waals surface area contributed by atoms with E-state index in [0.29, 0.717) is 6.42 Å². The van der Waals surface area contributed by atoms with Crippen LogP contribution in [0.25, 0.3) is 0 Å². The molecule has 0 heterocycles. The maximum Gasteiger partial charge on any atom is 0.511 e. The molecular weight excluding hydrogens is 248 g/mol. The maximum absolute atomic E-state index is 11.4. The Morgan fingerprint density at radius 3 is 2.32 bits per heavy atom. The van der Waals surface area contributed by atoms with Crippen LogP contribution in [0.2, 0.25) is 0 Å². The quantitative estimate of drug-likeness (QED) is 0.307. The normalized spacial score (nSPS) is 11.7. The van der Waals surface area contributed by atoms with Crippen LogP contribution in [0, 0.1) is 5.92 Å². The third kappa shape index (κ3) is 9.11. The minimum atomic E-state index is -1.32. The van der Waals surface area contributed by atoms with E-state index in [-0.39, 0.29) is 12.5 Å². The second-order valence-corrected chi connectivity index (χ2v) is 4.84. The summed E-state index contributed by atoms with van der Waals surface area (Å²) in [7, 11) is 0. The van der Waals surface area contributed by atoms with Crippen LogP contribution in [0.1, 0.15) is 47.5 Å². The average Bonchev–Trinajstić information content (AvgIpc) is 2.27. The Morgan fingerprint density at radius 1 is 1.16 bits per heavy atom. The van der Waals surface area contributed by atoms with Crippen LogP contribution in [-0.2, 0) is 19.0 Å². The van der Waals surface area contributed by atoms with Crippen LogP contribution in [-0.4, -0.2) is 24.5 Å². The highest BCUT2D eigenvalue weighted by molar-refractivity contribution is 5.72. The largest absolute Gasteiger partial charge is 0.511 e. The van der Waals surface area contributed by atoms with Crippen molar-refractivity contribution in [2.45, 2.75) is 53.2 Å². The molecule has 0 aliphatic carbocycles. The van der Waals surface area contributed by atoms with Crippen molar-refractivity contribution >= 4 is 12.1 Å². The Labute approximate surface area is 114 Å². The van der Waals surface area contributed by atoms with Gasteiger partial charge in [-0.1, -0.05) is 32.9 Å². The van der Waals surface area contributed by atoms with Crippen LogP contribution in [0.5, 0.6) is 0 Å².